The summed E-state index contributed by atoms with van der Waals surface area (Å²) in [7, 11) is 0. The Bertz CT molecular complexity index is 269. The van der Waals surface area contributed by atoms with Gasteiger partial charge in [0.2, 0.25) is 5.91 Å². The fraction of sp³-hybridized carbons (Fsp3) is 0.929. The smallest absolute Gasteiger partial charge is 0.228 e. The minimum atomic E-state index is -0.0973. The molecule has 0 aromatic carbocycles. The van der Waals surface area contributed by atoms with Crippen molar-refractivity contribution in [3.63, 3.8) is 0 Å². The van der Waals surface area contributed by atoms with Crippen LogP contribution in [0.4, 0.5) is 0 Å². The number of hydrogen-bond donors (Lipinski definition) is 0. The van der Waals surface area contributed by atoms with E-state index >= 15 is 0 Å². The molecule has 1 amide bonds. The van der Waals surface area contributed by atoms with Crippen LogP contribution in [0.1, 0.15) is 58.3 Å². The maximum Gasteiger partial charge on any atom is 0.228 e. The van der Waals surface area contributed by atoms with Crippen LogP contribution < -0.4 is 0 Å². The van der Waals surface area contributed by atoms with Crippen molar-refractivity contribution in [2.75, 3.05) is 12.4 Å². The number of alkyl halides is 1. The van der Waals surface area contributed by atoms with Crippen molar-refractivity contribution in [3.8, 4) is 0 Å². The molecule has 0 aromatic rings. The summed E-state index contributed by atoms with van der Waals surface area (Å²) in [6.45, 7) is 2.90. The Labute approximate surface area is 110 Å². The van der Waals surface area contributed by atoms with Crippen molar-refractivity contribution in [1.82, 2.24) is 4.90 Å². The number of rotatable bonds is 4. The normalized spacial score (nSPS) is 24.1. The third-order valence-electron chi connectivity index (χ3n) is 4.58. The molecule has 2 aliphatic carbocycles. The average molecular weight is 258 g/mol. The lowest BCUT2D eigenvalue weighted by molar-refractivity contribution is -0.147. The molecular weight excluding hydrogens is 234 g/mol. The van der Waals surface area contributed by atoms with E-state index in [0.29, 0.717) is 17.8 Å². The molecule has 0 bridgehead atoms. The van der Waals surface area contributed by atoms with E-state index in [1.54, 1.807) is 0 Å². The van der Waals surface area contributed by atoms with Crippen molar-refractivity contribution in [1.29, 1.82) is 0 Å². The first-order chi connectivity index (χ1) is 8.17. The molecule has 0 heterocycles. The Morgan fingerprint density at radius 1 is 1.24 bits per heavy atom. The molecule has 2 saturated carbocycles. The van der Waals surface area contributed by atoms with Gasteiger partial charge in [-0.15, -0.1) is 11.6 Å². The number of carbonyl (C=O) groups excluding carboxylic acids is 1. The van der Waals surface area contributed by atoms with Gasteiger partial charge in [0, 0.05) is 23.9 Å². The highest BCUT2D eigenvalue weighted by Crippen LogP contribution is 2.39. The van der Waals surface area contributed by atoms with E-state index in [-0.39, 0.29) is 5.41 Å². The first-order valence-electron chi connectivity index (χ1n) is 7.04. The number of nitrogens with zero attached hydrogens (tertiary/aromatic N) is 1. The third-order valence-corrected chi connectivity index (χ3v) is 4.74. The first kappa shape index (κ1) is 13.2. The zero-order valence-corrected chi connectivity index (χ0v) is 11.6. The molecule has 98 valence electrons. The monoisotopic (exact) mass is 257 g/mol. The molecule has 0 aliphatic heterocycles. The number of halogens is 1. The van der Waals surface area contributed by atoms with Crippen molar-refractivity contribution >= 4 is 17.5 Å². The molecule has 3 heteroatoms. The lowest BCUT2D eigenvalue weighted by Crippen LogP contribution is -2.51. The predicted molar refractivity (Wildman–Crippen MR) is 71.3 cm³/mol. The molecule has 0 atom stereocenters. The zero-order chi connectivity index (χ0) is 12.3. The average Bonchev–Trinajstić information content (AvgIpc) is 2.26. The van der Waals surface area contributed by atoms with Gasteiger partial charge >= 0.3 is 0 Å². The van der Waals surface area contributed by atoms with Gasteiger partial charge in [-0.25, -0.2) is 0 Å². The first-order valence-corrected chi connectivity index (χ1v) is 7.58. The Hall–Kier alpha value is -0.240. The van der Waals surface area contributed by atoms with Gasteiger partial charge in [-0.2, -0.15) is 0 Å². The molecule has 17 heavy (non-hydrogen) atoms. The molecule has 0 saturated heterocycles. The summed E-state index contributed by atoms with van der Waals surface area (Å²) < 4.78 is 0. The number of amides is 1. The molecule has 0 N–H and O–H groups in total. The largest absolute Gasteiger partial charge is 0.338 e. The van der Waals surface area contributed by atoms with Crippen LogP contribution in [0.3, 0.4) is 0 Å². The van der Waals surface area contributed by atoms with Crippen LogP contribution in [0.2, 0.25) is 0 Å². The van der Waals surface area contributed by atoms with Crippen molar-refractivity contribution < 1.29 is 4.79 Å². The van der Waals surface area contributed by atoms with Gasteiger partial charge < -0.3 is 4.90 Å². The summed E-state index contributed by atoms with van der Waals surface area (Å²) in [6.07, 6.45) is 9.48. The summed E-state index contributed by atoms with van der Waals surface area (Å²) in [4.78, 5) is 14.8. The summed E-state index contributed by atoms with van der Waals surface area (Å²) in [5, 5.41) is 0. The summed E-state index contributed by atoms with van der Waals surface area (Å²) in [5.74, 6) is 0.945. The molecule has 0 spiro atoms. The maximum absolute atomic E-state index is 12.7. The van der Waals surface area contributed by atoms with E-state index in [9.17, 15) is 4.79 Å². The van der Waals surface area contributed by atoms with Gasteiger partial charge in [-0.3, -0.25) is 4.79 Å². The zero-order valence-electron chi connectivity index (χ0n) is 10.9. The fourth-order valence-corrected chi connectivity index (χ4v) is 3.31. The lowest BCUT2D eigenvalue weighted by atomic mass is 9.74. The van der Waals surface area contributed by atoms with E-state index in [4.69, 9.17) is 11.6 Å². The molecule has 0 radical (unpaired) electrons. The van der Waals surface area contributed by atoms with Crippen LogP contribution in [-0.4, -0.2) is 29.3 Å². The van der Waals surface area contributed by atoms with Crippen LogP contribution in [-0.2, 0) is 4.79 Å². The molecule has 2 fully saturated rings. The molecular formula is C14H24ClNO. The minimum absolute atomic E-state index is 0.0973. The Balaban J connectivity index is 2.03. The maximum atomic E-state index is 12.7. The van der Waals surface area contributed by atoms with Gasteiger partial charge in [0.1, 0.15) is 0 Å². The Morgan fingerprint density at radius 2 is 1.88 bits per heavy atom. The van der Waals surface area contributed by atoms with Crippen molar-refractivity contribution in [3.05, 3.63) is 0 Å². The van der Waals surface area contributed by atoms with E-state index in [1.165, 1.54) is 38.5 Å². The lowest BCUT2D eigenvalue weighted by Gasteiger charge is -2.43. The Kier molecular flexibility index (Phi) is 4.35. The SMILES string of the molecule is CC1(C(=O)N(CCCl)C2CCC2)CCCCC1. The third kappa shape index (κ3) is 2.78. The number of carbonyl (C=O) groups is 1. The highest BCUT2D eigenvalue weighted by molar-refractivity contribution is 6.18. The van der Waals surface area contributed by atoms with Crippen LogP contribution in [0.15, 0.2) is 0 Å². The molecule has 0 unspecified atom stereocenters. The Morgan fingerprint density at radius 3 is 2.35 bits per heavy atom. The fourth-order valence-electron chi connectivity index (χ4n) is 3.13. The van der Waals surface area contributed by atoms with E-state index in [2.05, 4.69) is 11.8 Å². The minimum Gasteiger partial charge on any atom is -0.338 e. The second kappa shape index (κ2) is 5.60. The molecule has 0 aromatic heterocycles. The van der Waals surface area contributed by atoms with Crippen LogP contribution in [0, 0.1) is 5.41 Å². The number of hydrogen-bond acceptors (Lipinski definition) is 1. The van der Waals surface area contributed by atoms with Crippen LogP contribution in [0.25, 0.3) is 0 Å². The molecule has 2 aliphatic rings. The predicted octanol–water partition coefficient (Wildman–Crippen LogP) is 3.58. The van der Waals surface area contributed by atoms with Gasteiger partial charge in [0.05, 0.1) is 0 Å². The van der Waals surface area contributed by atoms with Gasteiger partial charge in [0.15, 0.2) is 0 Å². The summed E-state index contributed by atoms with van der Waals surface area (Å²) in [5.41, 5.74) is -0.0973. The summed E-state index contributed by atoms with van der Waals surface area (Å²) >= 11 is 5.86. The van der Waals surface area contributed by atoms with Gasteiger partial charge in [0.25, 0.3) is 0 Å². The van der Waals surface area contributed by atoms with Crippen LogP contribution >= 0.6 is 11.6 Å². The van der Waals surface area contributed by atoms with E-state index < -0.39 is 0 Å². The quantitative estimate of drug-likeness (QED) is 0.705. The highest BCUT2D eigenvalue weighted by Gasteiger charge is 2.40. The van der Waals surface area contributed by atoms with Crippen molar-refractivity contribution in [2.45, 2.75) is 64.3 Å². The summed E-state index contributed by atoms with van der Waals surface area (Å²) in [6, 6.07) is 0.486. The van der Waals surface area contributed by atoms with Crippen LogP contribution in [0.5, 0.6) is 0 Å². The van der Waals surface area contributed by atoms with E-state index in [1.807, 2.05) is 0 Å². The van der Waals surface area contributed by atoms with E-state index in [0.717, 1.165) is 19.4 Å². The standard InChI is InChI=1S/C14H24ClNO/c1-14(8-3-2-4-9-14)13(17)16(11-10-15)12-6-5-7-12/h12H,2-11H2,1H3. The second-order valence-corrected chi connectivity index (χ2v) is 6.27. The van der Waals surface area contributed by atoms with Gasteiger partial charge in [-0.05, 0) is 32.1 Å². The highest BCUT2D eigenvalue weighted by atomic mass is 35.5. The second-order valence-electron chi connectivity index (χ2n) is 5.89. The van der Waals surface area contributed by atoms with Gasteiger partial charge in [-0.1, -0.05) is 26.2 Å². The van der Waals surface area contributed by atoms with Crippen molar-refractivity contribution in [2.24, 2.45) is 5.41 Å². The molecule has 2 nitrogen and oxygen atoms in total. The topological polar surface area (TPSA) is 20.3 Å². The molecule has 2 rings (SSSR count).